The minimum atomic E-state index is 0.291. The number of thiophene rings is 1. The molecule has 2 aromatic rings. The lowest BCUT2D eigenvalue weighted by atomic mass is 10.1. The van der Waals surface area contributed by atoms with Crippen LogP contribution >= 0.6 is 11.3 Å². The van der Waals surface area contributed by atoms with Crippen LogP contribution in [0.15, 0.2) is 41.1 Å². The van der Waals surface area contributed by atoms with Crippen molar-refractivity contribution in [2.45, 2.75) is 6.10 Å². The maximum atomic E-state index is 5.76. The van der Waals surface area contributed by atoms with Crippen molar-refractivity contribution in [3.8, 4) is 5.75 Å². The highest BCUT2D eigenvalue weighted by Gasteiger charge is 2.23. The molecule has 2 nitrogen and oxygen atoms in total. The maximum Gasteiger partial charge on any atom is 0.126 e. The van der Waals surface area contributed by atoms with Gasteiger partial charge in [-0.3, -0.25) is 0 Å². The van der Waals surface area contributed by atoms with Crippen molar-refractivity contribution < 1.29 is 9.47 Å². The first kappa shape index (κ1) is 11.5. The molecule has 1 saturated heterocycles. The van der Waals surface area contributed by atoms with Gasteiger partial charge in [0.15, 0.2) is 0 Å². The van der Waals surface area contributed by atoms with Gasteiger partial charge < -0.3 is 9.47 Å². The normalized spacial score (nSPS) is 18.1. The fourth-order valence-corrected chi connectivity index (χ4v) is 2.28. The predicted octanol–water partition coefficient (Wildman–Crippen LogP) is 3.70. The summed E-state index contributed by atoms with van der Waals surface area (Å²) in [6, 6.07) is 10.2. The SMILES string of the molecule is C(=C\c1ccccc1OCC1CO1)/c1ccsc1. The van der Waals surface area contributed by atoms with Gasteiger partial charge in [-0.2, -0.15) is 11.3 Å². The summed E-state index contributed by atoms with van der Waals surface area (Å²) in [6.07, 6.45) is 4.48. The van der Waals surface area contributed by atoms with Crippen molar-refractivity contribution in [3.05, 3.63) is 52.2 Å². The summed E-state index contributed by atoms with van der Waals surface area (Å²) in [5.41, 5.74) is 2.32. The molecule has 3 heteroatoms. The molecule has 1 aromatic heterocycles. The van der Waals surface area contributed by atoms with E-state index in [-0.39, 0.29) is 0 Å². The summed E-state index contributed by atoms with van der Waals surface area (Å²) in [5, 5.41) is 4.20. The third kappa shape index (κ3) is 3.00. The molecule has 92 valence electrons. The van der Waals surface area contributed by atoms with Gasteiger partial charge in [-0.25, -0.2) is 0 Å². The van der Waals surface area contributed by atoms with Crippen LogP contribution in [-0.2, 0) is 4.74 Å². The Morgan fingerprint density at radius 3 is 2.94 bits per heavy atom. The Morgan fingerprint density at radius 1 is 1.28 bits per heavy atom. The first-order valence-electron chi connectivity index (χ1n) is 5.95. The number of benzene rings is 1. The molecule has 18 heavy (non-hydrogen) atoms. The fraction of sp³-hybridized carbons (Fsp3) is 0.200. The average Bonchev–Trinajstić information content (AvgIpc) is 3.09. The molecule has 1 atom stereocenters. The zero-order valence-corrected chi connectivity index (χ0v) is 10.7. The minimum absolute atomic E-state index is 0.291. The molecule has 0 saturated carbocycles. The minimum Gasteiger partial charge on any atom is -0.490 e. The van der Waals surface area contributed by atoms with E-state index in [4.69, 9.17) is 9.47 Å². The van der Waals surface area contributed by atoms with Gasteiger partial charge in [-0.15, -0.1) is 0 Å². The Kier molecular flexibility index (Phi) is 3.44. The van der Waals surface area contributed by atoms with E-state index in [0.29, 0.717) is 12.7 Å². The molecule has 0 aliphatic carbocycles. The molecule has 0 N–H and O–H groups in total. The summed E-state index contributed by atoms with van der Waals surface area (Å²) in [6.45, 7) is 1.47. The van der Waals surface area contributed by atoms with E-state index >= 15 is 0 Å². The Labute approximate surface area is 110 Å². The molecule has 0 radical (unpaired) electrons. The number of para-hydroxylation sites is 1. The van der Waals surface area contributed by atoms with Gasteiger partial charge in [0.2, 0.25) is 0 Å². The molecule has 0 spiro atoms. The third-order valence-electron chi connectivity index (χ3n) is 2.74. The van der Waals surface area contributed by atoms with Crippen molar-refractivity contribution in [3.63, 3.8) is 0 Å². The monoisotopic (exact) mass is 258 g/mol. The fourth-order valence-electron chi connectivity index (χ4n) is 1.65. The smallest absolute Gasteiger partial charge is 0.126 e. The maximum absolute atomic E-state index is 5.76. The van der Waals surface area contributed by atoms with E-state index in [9.17, 15) is 0 Å². The Morgan fingerprint density at radius 2 is 2.17 bits per heavy atom. The van der Waals surface area contributed by atoms with Gasteiger partial charge in [-0.05, 0) is 28.5 Å². The highest BCUT2D eigenvalue weighted by atomic mass is 32.1. The van der Waals surface area contributed by atoms with Gasteiger partial charge in [0, 0.05) is 5.56 Å². The lowest BCUT2D eigenvalue weighted by Crippen LogP contribution is -2.04. The summed E-state index contributed by atoms with van der Waals surface area (Å²) in [7, 11) is 0. The largest absolute Gasteiger partial charge is 0.490 e. The topological polar surface area (TPSA) is 21.8 Å². The average molecular weight is 258 g/mol. The van der Waals surface area contributed by atoms with Crippen molar-refractivity contribution in [1.82, 2.24) is 0 Å². The van der Waals surface area contributed by atoms with Crippen LogP contribution in [0, 0.1) is 0 Å². The number of epoxide rings is 1. The summed E-state index contributed by atoms with van der Waals surface area (Å²) < 4.78 is 10.9. The molecule has 1 aromatic carbocycles. The number of rotatable bonds is 5. The van der Waals surface area contributed by atoms with Gasteiger partial charge in [0.25, 0.3) is 0 Å². The summed E-state index contributed by atoms with van der Waals surface area (Å²) >= 11 is 1.70. The lowest BCUT2D eigenvalue weighted by molar-refractivity contribution is 0.262. The summed E-state index contributed by atoms with van der Waals surface area (Å²) in [5.74, 6) is 0.916. The Bertz CT molecular complexity index is 527. The molecular formula is C15H14O2S. The number of hydrogen-bond donors (Lipinski definition) is 0. The van der Waals surface area contributed by atoms with Crippen LogP contribution in [0.2, 0.25) is 0 Å². The van der Waals surface area contributed by atoms with Gasteiger partial charge in [0.1, 0.15) is 18.5 Å². The zero-order chi connectivity index (χ0) is 12.2. The van der Waals surface area contributed by atoms with E-state index in [1.807, 2.05) is 18.2 Å². The van der Waals surface area contributed by atoms with Crippen molar-refractivity contribution in [1.29, 1.82) is 0 Å². The molecule has 3 rings (SSSR count). The zero-order valence-electron chi connectivity index (χ0n) is 9.91. The Hall–Kier alpha value is -1.58. The van der Waals surface area contributed by atoms with Crippen LogP contribution in [0.25, 0.3) is 12.2 Å². The third-order valence-corrected chi connectivity index (χ3v) is 3.45. The molecule has 2 heterocycles. The second-order valence-corrected chi connectivity index (χ2v) is 4.97. The van der Waals surface area contributed by atoms with E-state index in [0.717, 1.165) is 17.9 Å². The van der Waals surface area contributed by atoms with E-state index < -0.39 is 0 Å². The second kappa shape index (κ2) is 5.38. The number of ether oxygens (including phenoxy) is 2. The lowest BCUT2D eigenvalue weighted by Gasteiger charge is -2.07. The summed E-state index contributed by atoms with van der Waals surface area (Å²) in [4.78, 5) is 0. The molecule has 1 unspecified atom stereocenters. The van der Waals surface area contributed by atoms with E-state index in [1.165, 1.54) is 5.56 Å². The molecule has 0 bridgehead atoms. The van der Waals surface area contributed by atoms with Crippen molar-refractivity contribution >= 4 is 23.5 Å². The van der Waals surface area contributed by atoms with Crippen LogP contribution < -0.4 is 4.74 Å². The van der Waals surface area contributed by atoms with E-state index in [1.54, 1.807) is 11.3 Å². The molecule has 1 aliphatic rings. The molecular weight excluding hydrogens is 244 g/mol. The molecule has 1 fully saturated rings. The van der Waals surface area contributed by atoms with Crippen LogP contribution in [0.3, 0.4) is 0 Å². The first-order chi connectivity index (χ1) is 8.92. The van der Waals surface area contributed by atoms with Crippen LogP contribution in [0.1, 0.15) is 11.1 Å². The predicted molar refractivity (Wildman–Crippen MR) is 74.9 cm³/mol. The molecule has 0 amide bonds. The highest BCUT2D eigenvalue weighted by Crippen LogP contribution is 2.22. The Balaban J connectivity index is 1.73. The van der Waals surface area contributed by atoms with Crippen LogP contribution in [-0.4, -0.2) is 19.3 Å². The first-order valence-corrected chi connectivity index (χ1v) is 6.90. The standard InChI is InChI=1S/C15H14O2S/c1-2-4-15(17-10-14-9-16-14)13(3-1)6-5-12-7-8-18-11-12/h1-8,11,14H,9-10H2/b6-5+. The van der Waals surface area contributed by atoms with Crippen molar-refractivity contribution in [2.75, 3.05) is 13.2 Å². The van der Waals surface area contributed by atoms with Gasteiger partial charge >= 0.3 is 0 Å². The number of hydrogen-bond acceptors (Lipinski definition) is 3. The quantitative estimate of drug-likeness (QED) is 0.763. The van der Waals surface area contributed by atoms with Gasteiger partial charge in [0.05, 0.1) is 6.61 Å². The van der Waals surface area contributed by atoms with Gasteiger partial charge in [-0.1, -0.05) is 30.4 Å². The highest BCUT2D eigenvalue weighted by molar-refractivity contribution is 7.08. The van der Waals surface area contributed by atoms with E-state index in [2.05, 4.69) is 35.0 Å². The van der Waals surface area contributed by atoms with Crippen LogP contribution in [0.4, 0.5) is 0 Å². The van der Waals surface area contributed by atoms with Crippen LogP contribution in [0.5, 0.6) is 5.75 Å². The second-order valence-electron chi connectivity index (χ2n) is 4.19. The molecule has 1 aliphatic heterocycles. The van der Waals surface area contributed by atoms with Crippen molar-refractivity contribution in [2.24, 2.45) is 0 Å².